The number of aryl methyl sites for hydroxylation is 1. The standard InChI is InChI=1S/C18H24N4O2/c1-13-9-16(20-24-13)11-22-8-7-21(3)17(12-22)14-5-4-6-15(10-14)18(23)19-2/h4-6,9-10,17H,7-8,11-12H2,1-3H3,(H,19,23)/t17-/m0/s1. The first-order valence-electron chi connectivity index (χ1n) is 8.23. The van der Waals surface area contributed by atoms with Crippen molar-refractivity contribution < 1.29 is 9.32 Å². The van der Waals surface area contributed by atoms with Gasteiger partial charge in [-0.25, -0.2) is 0 Å². The topological polar surface area (TPSA) is 61.6 Å². The number of nitrogens with one attached hydrogen (secondary N) is 1. The number of carbonyl (C=O) groups is 1. The maximum Gasteiger partial charge on any atom is 0.251 e. The number of nitrogens with zero attached hydrogens (tertiary/aromatic N) is 3. The molecule has 0 unspecified atom stereocenters. The minimum atomic E-state index is -0.0507. The molecule has 1 aliphatic rings. The van der Waals surface area contributed by atoms with E-state index < -0.39 is 0 Å². The van der Waals surface area contributed by atoms with Gasteiger partial charge in [-0.15, -0.1) is 0 Å². The molecule has 1 N–H and O–H groups in total. The second kappa shape index (κ2) is 7.15. The summed E-state index contributed by atoms with van der Waals surface area (Å²) in [7, 11) is 3.79. The van der Waals surface area contributed by atoms with Crippen molar-refractivity contribution in [2.24, 2.45) is 0 Å². The fourth-order valence-corrected chi connectivity index (χ4v) is 3.19. The molecule has 1 aliphatic heterocycles. The van der Waals surface area contributed by atoms with Crippen LogP contribution in [0.25, 0.3) is 0 Å². The summed E-state index contributed by atoms with van der Waals surface area (Å²) >= 11 is 0. The van der Waals surface area contributed by atoms with Gasteiger partial charge in [0.05, 0.1) is 5.69 Å². The van der Waals surface area contributed by atoms with Crippen molar-refractivity contribution in [3.8, 4) is 0 Å². The first-order chi connectivity index (χ1) is 11.6. The van der Waals surface area contributed by atoms with Crippen LogP contribution in [0.4, 0.5) is 0 Å². The molecule has 24 heavy (non-hydrogen) atoms. The van der Waals surface area contributed by atoms with E-state index in [-0.39, 0.29) is 11.9 Å². The largest absolute Gasteiger partial charge is 0.361 e. The molecule has 0 aliphatic carbocycles. The van der Waals surface area contributed by atoms with Gasteiger partial charge in [-0.05, 0) is 31.7 Å². The maximum atomic E-state index is 11.9. The second-order valence-corrected chi connectivity index (χ2v) is 6.37. The minimum Gasteiger partial charge on any atom is -0.361 e. The molecule has 2 heterocycles. The Hall–Kier alpha value is -2.18. The molecule has 1 aromatic carbocycles. The molecule has 128 valence electrons. The van der Waals surface area contributed by atoms with Crippen LogP contribution in [0.2, 0.25) is 0 Å². The van der Waals surface area contributed by atoms with Gasteiger partial charge in [-0.2, -0.15) is 0 Å². The zero-order valence-electron chi connectivity index (χ0n) is 14.5. The van der Waals surface area contributed by atoms with Crippen molar-refractivity contribution in [2.75, 3.05) is 33.7 Å². The number of aromatic nitrogens is 1. The van der Waals surface area contributed by atoms with Crippen molar-refractivity contribution in [1.29, 1.82) is 0 Å². The lowest BCUT2D eigenvalue weighted by Gasteiger charge is -2.39. The van der Waals surface area contributed by atoms with Crippen LogP contribution >= 0.6 is 0 Å². The SMILES string of the molecule is CNC(=O)c1cccc([C@@H]2CN(Cc3cc(C)on3)CCN2C)c1. The van der Waals surface area contributed by atoms with Crippen molar-refractivity contribution in [3.05, 3.63) is 52.9 Å². The number of amides is 1. The summed E-state index contributed by atoms with van der Waals surface area (Å²) in [5.74, 6) is 0.791. The highest BCUT2D eigenvalue weighted by atomic mass is 16.5. The molecule has 1 aromatic heterocycles. The van der Waals surface area contributed by atoms with Crippen molar-refractivity contribution in [1.82, 2.24) is 20.3 Å². The summed E-state index contributed by atoms with van der Waals surface area (Å²) in [5.41, 5.74) is 2.84. The highest BCUT2D eigenvalue weighted by molar-refractivity contribution is 5.94. The molecule has 2 aromatic rings. The summed E-state index contributed by atoms with van der Waals surface area (Å²) in [6.07, 6.45) is 0. The van der Waals surface area contributed by atoms with Crippen LogP contribution in [0.3, 0.4) is 0 Å². The van der Waals surface area contributed by atoms with Gasteiger partial charge in [0, 0.05) is 50.9 Å². The Bertz CT molecular complexity index is 713. The van der Waals surface area contributed by atoms with Crippen LogP contribution in [0.5, 0.6) is 0 Å². The van der Waals surface area contributed by atoms with Crippen LogP contribution in [0.15, 0.2) is 34.9 Å². The first-order valence-corrected chi connectivity index (χ1v) is 8.23. The third-order valence-corrected chi connectivity index (χ3v) is 4.56. The Kier molecular flexibility index (Phi) is 4.97. The van der Waals surface area contributed by atoms with E-state index in [9.17, 15) is 4.79 Å². The van der Waals surface area contributed by atoms with Gasteiger partial charge in [0.25, 0.3) is 5.91 Å². The average molecular weight is 328 g/mol. The van der Waals surface area contributed by atoms with Gasteiger partial charge >= 0.3 is 0 Å². The molecule has 1 amide bonds. The Morgan fingerprint density at radius 2 is 2.21 bits per heavy atom. The third-order valence-electron chi connectivity index (χ3n) is 4.56. The number of hydrogen-bond acceptors (Lipinski definition) is 5. The van der Waals surface area contributed by atoms with Crippen LogP contribution < -0.4 is 5.32 Å². The van der Waals surface area contributed by atoms with E-state index in [2.05, 4.69) is 33.4 Å². The summed E-state index contributed by atoms with van der Waals surface area (Å²) < 4.78 is 5.16. The van der Waals surface area contributed by atoms with Gasteiger partial charge < -0.3 is 9.84 Å². The number of hydrogen-bond donors (Lipinski definition) is 1. The fourth-order valence-electron chi connectivity index (χ4n) is 3.19. The zero-order valence-corrected chi connectivity index (χ0v) is 14.5. The molecule has 0 saturated carbocycles. The average Bonchev–Trinajstić information content (AvgIpc) is 3.01. The normalized spacial score (nSPS) is 19.4. The van der Waals surface area contributed by atoms with E-state index >= 15 is 0 Å². The predicted molar refractivity (Wildman–Crippen MR) is 91.7 cm³/mol. The van der Waals surface area contributed by atoms with E-state index in [0.717, 1.165) is 37.6 Å². The monoisotopic (exact) mass is 328 g/mol. The molecule has 0 radical (unpaired) electrons. The van der Waals surface area contributed by atoms with Crippen LogP contribution in [0.1, 0.15) is 33.4 Å². The van der Waals surface area contributed by atoms with E-state index in [0.29, 0.717) is 5.56 Å². The van der Waals surface area contributed by atoms with Crippen LogP contribution in [0, 0.1) is 6.92 Å². The molecule has 1 atom stereocenters. The third kappa shape index (κ3) is 3.66. The lowest BCUT2D eigenvalue weighted by Crippen LogP contribution is -2.46. The van der Waals surface area contributed by atoms with Crippen molar-refractivity contribution >= 4 is 5.91 Å². The Morgan fingerprint density at radius 3 is 2.92 bits per heavy atom. The molecular weight excluding hydrogens is 304 g/mol. The smallest absolute Gasteiger partial charge is 0.251 e. The Morgan fingerprint density at radius 1 is 1.38 bits per heavy atom. The fraction of sp³-hybridized carbons (Fsp3) is 0.444. The molecule has 0 spiro atoms. The van der Waals surface area contributed by atoms with Gasteiger partial charge in [-0.3, -0.25) is 14.6 Å². The van der Waals surface area contributed by atoms with Crippen LogP contribution in [-0.4, -0.2) is 54.6 Å². The summed E-state index contributed by atoms with van der Waals surface area (Å²) in [6, 6.07) is 10.1. The molecule has 0 bridgehead atoms. The molecular formula is C18H24N4O2. The summed E-state index contributed by atoms with van der Waals surface area (Å²) in [5, 5.41) is 6.78. The highest BCUT2D eigenvalue weighted by Crippen LogP contribution is 2.25. The van der Waals surface area contributed by atoms with Crippen molar-refractivity contribution in [2.45, 2.75) is 19.5 Å². The summed E-state index contributed by atoms with van der Waals surface area (Å²) in [6.45, 7) is 5.57. The Labute approximate surface area is 142 Å². The van der Waals surface area contributed by atoms with Crippen molar-refractivity contribution in [3.63, 3.8) is 0 Å². The maximum absolute atomic E-state index is 11.9. The number of rotatable bonds is 4. The molecule has 1 fully saturated rings. The van der Waals surface area contributed by atoms with E-state index in [4.69, 9.17) is 4.52 Å². The Balaban J connectivity index is 1.75. The zero-order chi connectivity index (χ0) is 17.1. The second-order valence-electron chi connectivity index (χ2n) is 6.37. The number of likely N-dealkylation sites (N-methyl/N-ethyl adjacent to an activating group) is 1. The van der Waals surface area contributed by atoms with E-state index in [1.165, 1.54) is 5.56 Å². The van der Waals surface area contributed by atoms with Gasteiger partial charge in [0.1, 0.15) is 5.76 Å². The quantitative estimate of drug-likeness (QED) is 0.928. The molecule has 6 nitrogen and oxygen atoms in total. The first kappa shape index (κ1) is 16.7. The van der Waals surface area contributed by atoms with Crippen LogP contribution in [-0.2, 0) is 6.54 Å². The number of piperazine rings is 1. The highest BCUT2D eigenvalue weighted by Gasteiger charge is 2.26. The van der Waals surface area contributed by atoms with Gasteiger partial charge in [0.15, 0.2) is 0 Å². The van der Waals surface area contributed by atoms with E-state index in [1.807, 2.05) is 31.2 Å². The van der Waals surface area contributed by atoms with Gasteiger partial charge in [-0.1, -0.05) is 17.3 Å². The lowest BCUT2D eigenvalue weighted by molar-refractivity contribution is 0.0885. The van der Waals surface area contributed by atoms with Gasteiger partial charge in [0.2, 0.25) is 0 Å². The molecule has 3 rings (SSSR count). The number of carbonyl (C=O) groups excluding carboxylic acids is 1. The molecule has 1 saturated heterocycles. The summed E-state index contributed by atoms with van der Waals surface area (Å²) in [4.78, 5) is 16.6. The molecule has 6 heteroatoms. The minimum absolute atomic E-state index is 0.0507. The predicted octanol–water partition coefficient (Wildman–Crippen LogP) is 1.83. The van der Waals surface area contributed by atoms with E-state index in [1.54, 1.807) is 7.05 Å². The number of benzene rings is 1. The lowest BCUT2D eigenvalue weighted by atomic mass is 10.00.